The lowest BCUT2D eigenvalue weighted by atomic mass is 10.2. The molecule has 0 bridgehead atoms. The molecule has 0 radical (unpaired) electrons. The summed E-state index contributed by atoms with van der Waals surface area (Å²) in [6, 6.07) is 2.77. The van der Waals surface area contributed by atoms with Crippen LogP contribution >= 0.6 is 23.2 Å². The van der Waals surface area contributed by atoms with Crippen molar-refractivity contribution in [3.8, 4) is 0 Å². The van der Waals surface area contributed by atoms with E-state index in [4.69, 9.17) is 23.2 Å². The standard InChI is InChI=1S/C13H19Cl2N3O2/c1-3-6-17(4-2)7-5-16-12-8-10(14)11(15)9-13(12)18(19)20/h8-9,16H,3-7H2,1-2H3. The highest BCUT2D eigenvalue weighted by molar-refractivity contribution is 6.42. The summed E-state index contributed by atoms with van der Waals surface area (Å²) in [6.07, 6.45) is 1.08. The SMILES string of the molecule is CCCN(CC)CCNc1cc(Cl)c(Cl)cc1[N+](=O)[O-]. The molecule has 5 nitrogen and oxygen atoms in total. The number of rotatable bonds is 8. The lowest BCUT2D eigenvalue weighted by molar-refractivity contribution is -0.383. The van der Waals surface area contributed by atoms with Gasteiger partial charge in [0.2, 0.25) is 0 Å². The quantitative estimate of drug-likeness (QED) is 0.580. The first-order valence-electron chi connectivity index (χ1n) is 6.59. The molecule has 0 aliphatic carbocycles. The number of nitro groups is 1. The summed E-state index contributed by atoms with van der Waals surface area (Å²) in [5.74, 6) is 0. The first kappa shape index (κ1) is 17.0. The molecule has 0 aromatic heterocycles. The Hall–Kier alpha value is -1.04. The molecule has 1 rings (SSSR count). The highest BCUT2D eigenvalue weighted by atomic mass is 35.5. The molecule has 1 aromatic rings. The van der Waals surface area contributed by atoms with Crippen LogP contribution in [0, 0.1) is 10.1 Å². The molecule has 7 heteroatoms. The minimum absolute atomic E-state index is 0.0575. The molecule has 1 aromatic carbocycles. The van der Waals surface area contributed by atoms with Gasteiger partial charge < -0.3 is 10.2 Å². The second-order valence-electron chi connectivity index (χ2n) is 4.40. The number of benzene rings is 1. The number of nitro benzene ring substituents is 1. The summed E-state index contributed by atoms with van der Waals surface area (Å²) in [4.78, 5) is 12.8. The summed E-state index contributed by atoms with van der Waals surface area (Å²) in [7, 11) is 0. The van der Waals surface area contributed by atoms with Crippen LogP contribution in [0.5, 0.6) is 0 Å². The number of halogens is 2. The molecule has 0 aliphatic rings. The van der Waals surface area contributed by atoms with Crippen LogP contribution in [0.3, 0.4) is 0 Å². The molecule has 0 atom stereocenters. The Balaban J connectivity index is 2.72. The average molecular weight is 320 g/mol. The van der Waals surface area contributed by atoms with E-state index in [9.17, 15) is 10.1 Å². The third-order valence-electron chi connectivity index (χ3n) is 2.97. The van der Waals surface area contributed by atoms with E-state index in [1.54, 1.807) is 0 Å². The zero-order valence-corrected chi connectivity index (χ0v) is 13.2. The minimum atomic E-state index is -0.464. The number of hydrogen-bond acceptors (Lipinski definition) is 4. The summed E-state index contributed by atoms with van der Waals surface area (Å²) >= 11 is 11.7. The van der Waals surface area contributed by atoms with E-state index in [-0.39, 0.29) is 10.7 Å². The molecule has 0 aliphatic heterocycles. The third kappa shape index (κ3) is 4.81. The van der Waals surface area contributed by atoms with Gasteiger partial charge in [-0.2, -0.15) is 0 Å². The van der Waals surface area contributed by atoms with Gasteiger partial charge in [0.25, 0.3) is 5.69 Å². The maximum atomic E-state index is 11.0. The number of anilines is 1. The van der Waals surface area contributed by atoms with Gasteiger partial charge in [-0.1, -0.05) is 37.0 Å². The van der Waals surface area contributed by atoms with Crippen molar-refractivity contribution in [1.82, 2.24) is 4.90 Å². The fourth-order valence-corrected chi connectivity index (χ4v) is 2.24. The van der Waals surface area contributed by atoms with Crippen LogP contribution in [0.2, 0.25) is 10.0 Å². The molecule has 0 fully saturated rings. The molecular weight excluding hydrogens is 301 g/mol. The van der Waals surface area contributed by atoms with Crippen molar-refractivity contribution in [2.75, 3.05) is 31.5 Å². The summed E-state index contributed by atoms with van der Waals surface area (Å²) in [6.45, 7) is 7.63. The Morgan fingerprint density at radius 1 is 1.25 bits per heavy atom. The molecule has 112 valence electrons. The van der Waals surface area contributed by atoms with Gasteiger partial charge >= 0.3 is 0 Å². The van der Waals surface area contributed by atoms with Gasteiger partial charge in [0.15, 0.2) is 0 Å². The van der Waals surface area contributed by atoms with Crippen molar-refractivity contribution < 1.29 is 4.92 Å². The maximum absolute atomic E-state index is 11.0. The zero-order chi connectivity index (χ0) is 15.1. The average Bonchev–Trinajstić information content (AvgIpc) is 2.41. The van der Waals surface area contributed by atoms with Crippen molar-refractivity contribution in [2.24, 2.45) is 0 Å². The van der Waals surface area contributed by atoms with Crippen LogP contribution in [0.4, 0.5) is 11.4 Å². The monoisotopic (exact) mass is 319 g/mol. The number of nitrogens with zero attached hydrogens (tertiary/aromatic N) is 2. The second-order valence-corrected chi connectivity index (χ2v) is 5.22. The number of nitrogens with one attached hydrogen (secondary N) is 1. The number of likely N-dealkylation sites (N-methyl/N-ethyl adjacent to an activating group) is 1. The Bertz CT molecular complexity index is 469. The van der Waals surface area contributed by atoms with E-state index in [0.717, 1.165) is 26.1 Å². The minimum Gasteiger partial charge on any atom is -0.378 e. The predicted octanol–water partition coefficient (Wildman–Crippen LogP) is 4.05. The summed E-state index contributed by atoms with van der Waals surface area (Å²) in [5, 5.41) is 14.5. The van der Waals surface area contributed by atoms with Gasteiger partial charge in [0, 0.05) is 19.2 Å². The zero-order valence-electron chi connectivity index (χ0n) is 11.7. The second kappa shape index (κ2) is 8.29. The highest BCUT2D eigenvalue weighted by Crippen LogP contribution is 2.33. The molecule has 1 N–H and O–H groups in total. The van der Waals surface area contributed by atoms with Gasteiger partial charge in [0.1, 0.15) is 5.69 Å². The molecule has 0 saturated heterocycles. The van der Waals surface area contributed by atoms with Crippen molar-refractivity contribution in [3.63, 3.8) is 0 Å². The van der Waals surface area contributed by atoms with Crippen LogP contribution in [0.1, 0.15) is 20.3 Å². The summed E-state index contributed by atoms with van der Waals surface area (Å²) in [5.41, 5.74) is 0.342. The van der Waals surface area contributed by atoms with Gasteiger partial charge in [0.05, 0.1) is 15.0 Å². The lowest BCUT2D eigenvalue weighted by Gasteiger charge is -2.19. The molecule has 0 spiro atoms. The Labute approximate surface area is 129 Å². The first-order valence-corrected chi connectivity index (χ1v) is 7.34. The van der Waals surface area contributed by atoms with Gasteiger partial charge in [-0.3, -0.25) is 10.1 Å². The predicted molar refractivity (Wildman–Crippen MR) is 84.0 cm³/mol. The van der Waals surface area contributed by atoms with E-state index in [2.05, 4.69) is 24.1 Å². The van der Waals surface area contributed by atoms with Crippen LogP contribution in [0.25, 0.3) is 0 Å². The largest absolute Gasteiger partial charge is 0.378 e. The topological polar surface area (TPSA) is 58.4 Å². The van der Waals surface area contributed by atoms with Crippen LogP contribution < -0.4 is 5.32 Å². The van der Waals surface area contributed by atoms with Gasteiger partial charge in [-0.25, -0.2) is 0 Å². The molecule has 20 heavy (non-hydrogen) atoms. The normalized spacial score (nSPS) is 10.8. The Morgan fingerprint density at radius 3 is 2.45 bits per heavy atom. The van der Waals surface area contributed by atoms with Crippen molar-refractivity contribution in [3.05, 3.63) is 32.3 Å². The fraction of sp³-hybridized carbons (Fsp3) is 0.538. The van der Waals surface area contributed by atoms with E-state index in [1.807, 2.05) is 0 Å². The van der Waals surface area contributed by atoms with E-state index in [0.29, 0.717) is 17.3 Å². The smallest absolute Gasteiger partial charge is 0.293 e. The molecule has 0 unspecified atom stereocenters. The molecule has 0 amide bonds. The summed E-state index contributed by atoms with van der Waals surface area (Å²) < 4.78 is 0. The highest BCUT2D eigenvalue weighted by Gasteiger charge is 2.16. The van der Waals surface area contributed by atoms with Gasteiger partial charge in [-0.15, -0.1) is 0 Å². The molecule has 0 heterocycles. The van der Waals surface area contributed by atoms with Crippen LogP contribution in [-0.4, -0.2) is 36.0 Å². The number of hydrogen-bond donors (Lipinski definition) is 1. The Morgan fingerprint density at radius 2 is 1.90 bits per heavy atom. The van der Waals surface area contributed by atoms with Crippen molar-refractivity contribution in [2.45, 2.75) is 20.3 Å². The maximum Gasteiger partial charge on any atom is 0.293 e. The van der Waals surface area contributed by atoms with Crippen molar-refractivity contribution in [1.29, 1.82) is 0 Å². The van der Waals surface area contributed by atoms with Gasteiger partial charge in [-0.05, 0) is 25.6 Å². The third-order valence-corrected chi connectivity index (χ3v) is 3.69. The fourth-order valence-electron chi connectivity index (χ4n) is 1.92. The molecular formula is C13H19Cl2N3O2. The van der Waals surface area contributed by atoms with E-state index in [1.165, 1.54) is 12.1 Å². The van der Waals surface area contributed by atoms with Crippen LogP contribution in [-0.2, 0) is 0 Å². The van der Waals surface area contributed by atoms with Crippen LogP contribution in [0.15, 0.2) is 12.1 Å². The van der Waals surface area contributed by atoms with E-state index >= 15 is 0 Å². The lowest BCUT2D eigenvalue weighted by Crippen LogP contribution is -2.29. The molecule has 0 saturated carbocycles. The first-order chi connectivity index (χ1) is 9.49. The Kier molecular flexibility index (Phi) is 7.05. The van der Waals surface area contributed by atoms with Crippen molar-refractivity contribution >= 4 is 34.6 Å². The van der Waals surface area contributed by atoms with E-state index < -0.39 is 4.92 Å².